The van der Waals surface area contributed by atoms with Gasteiger partial charge in [0.2, 0.25) is 0 Å². The van der Waals surface area contributed by atoms with Gasteiger partial charge < -0.3 is 10.6 Å². The zero-order valence-corrected chi connectivity index (χ0v) is 12.1. The minimum Gasteiger partial charge on any atom is -0.316 e. The van der Waals surface area contributed by atoms with Crippen LogP contribution in [0.1, 0.15) is 45.1 Å². The maximum Gasteiger partial charge on any atom is 0.00200 e. The molecular formula is C16H28N2. The van der Waals surface area contributed by atoms with Gasteiger partial charge in [0.15, 0.2) is 0 Å². The number of rotatable bonds is 9. The number of hydrogen-bond donors (Lipinski definition) is 2. The molecule has 0 spiro atoms. The third-order valence-electron chi connectivity index (χ3n) is 3.24. The van der Waals surface area contributed by atoms with Gasteiger partial charge in [-0.1, -0.05) is 51.1 Å². The summed E-state index contributed by atoms with van der Waals surface area (Å²) in [5, 5.41) is 7.01. The summed E-state index contributed by atoms with van der Waals surface area (Å²) in [6.45, 7) is 9.93. The third kappa shape index (κ3) is 6.18. The Morgan fingerprint density at radius 2 is 1.78 bits per heavy atom. The van der Waals surface area contributed by atoms with Gasteiger partial charge in [0.25, 0.3) is 0 Å². The van der Waals surface area contributed by atoms with Crippen molar-refractivity contribution >= 4 is 0 Å². The molecule has 0 radical (unpaired) electrons. The lowest BCUT2D eigenvalue weighted by Crippen LogP contribution is -2.28. The summed E-state index contributed by atoms with van der Waals surface area (Å²) in [5.74, 6) is 0.643. The fourth-order valence-corrected chi connectivity index (χ4v) is 2.10. The lowest BCUT2D eigenvalue weighted by Gasteiger charge is -2.16. The maximum atomic E-state index is 3.57. The molecule has 0 aliphatic rings. The van der Waals surface area contributed by atoms with Crippen molar-refractivity contribution in [1.29, 1.82) is 0 Å². The van der Waals surface area contributed by atoms with Crippen molar-refractivity contribution in [2.75, 3.05) is 19.6 Å². The average Bonchev–Trinajstić information content (AvgIpc) is 2.38. The summed E-state index contributed by atoms with van der Waals surface area (Å²) >= 11 is 0. The van der Waals surface area contributed by atoms with Crippen LogP contribution >= 0.6 is 0 Å². The Morgan fingerprint density at radius 3 is 2.39 bits per heavy atom. The van der Waals surface area contributed by atoms with E-state index in [0.29, 0.717) is 12.0 Å². The molecule has 1 atom stereocenters. The number of hydrogen-bond acceptors (Lipinski definition) is 2. The summed E-state index contributed by atoms with van der Waals surface area (Å²) in [6, 6.07) is 11.4. The van der Waals surface area contributed by atoms with Crippen molar-refractivity contribution in [3.8, 4) is 0 Å². The van der Waals surface area contributed by atoms with Crippen LogP contribution in [0.3, 0.4) is 0 Å². The first kappa shape index (κ1) is 15.2. The Hall–Kier alpha value is -0.860. The lowest BCUT2D eigenvalue weighted by molar-refractivity contribution is 0.523. The zero-order valence-electron chi connectivity index (χ0n) is 12.1. The van der Waals surface area contributed by atoms with E-state index in [4.69, 9.17) is 0 Å². The first-order valence-corrected chi connectivity index (χ1v) is 7.23. The molecule has 0 aliphatic heterocycles. The van der Waals surface area contributed by atoms with Crippen molar-refractivity contribution in [3.63, 3.8) is 0 Å². The van der Waals surface area contributed by atoms with Crippen LogP contribution in [0.25, 0.3) is 0 Å². The van der Waals surface area contributed by atoms with Gasteiger partial charge in [0.05, 0.1) is 0 Å². The molecule has 1 rings (SSSR count). The topological polar surface area (TPSA) is 24.1 Å². The molecule has 0 fully saturated rings. The van der Waals surface area contributed by atoms with E-state index in [1.165, 1.54) is 18.4 Å². The summed E-state index contributed by atoms with van der Waals surface area (Å²) < 4.78 is 0. The molecule has 2 nitrogen and oxygen atoms in total. The van der Waals surface area contributed by atoms with Gasteiger partial charge in [-0.05, 0) is 37.4 Å². The van der Waals surface area contributed by atoms with Gasteiger partial charge in [-0.2, -0.15) is 0 Å². The second kappa shape index (κ2) is 9.12. The van der Waals surface area contributed by atoms with E-state index in [-0.39, 0.29) is 0 Å². The van der Waals surface area contributed by atoms with Gasteiger partial charge >= 0.3 is 0 Å². The molecule has 102 valence electrons. The van der Waals surface area contributed by atoms with Crippen LogP contribution in [0, 0.1) is 0 Å². The van der Waals surface area contributed by atoms with Crippen LogP contribution in [-0.4, -0.2) is 25.7 Å². The monoisotopic (exact) mass is 248 g/mol. The van der Waals surface area contributed by atoms with Crippen LogP contribution in [0.15, 0.2) is 30.3 Å². The third-order valence-corrected chi connectivity index (χ3v) is 3.24. The standard InChI is InChI=1S/C16H28N2/c1-4-15(16-9-6-5-7-10-16)13-17-11-8-12-18-14(2)3/h5-7,9-10,14-15,17-18H,4,8,11-13H2,1-3H3. The minimum atomic E-state index is 0.595. The fraction of sp³-hybridized carbons (Fsp3) is 0.625. The maximum absolute atomic E-state index is 3.57. The van der Waals surface area contributed by atoms with Crippen LogP contribution < -0.4 is 10.6 Å². The van der Waals surface area contributed by atoms with Gasteiger partial charge in [0.1, 0.15) is 0 Å². The van der Waals surface area contributed by atoms with E-state index >= 15 is 0 Å². The van der Waals surface area contributed by atoms with Crippen LogP contribution in [0.5, 0.6) is 0 Å². The zero-order chi connectivity index (χ0) is 13.2. The number of benzene rings is 1. The molecule has 1 aromatic rings. The molecule has 0 aromatic heterocycles. The molecule has 2 N–H and O–H groups in total. The molecule has 0 aliphatic carbocycles. The molecule has 1 unspecified atom stereocenters. The summed E-state index contributed by atoms with van der Waals surface area (Å²) in [7, 11) is 0. The van der Waals surface area contributed by atoms with Crippen molar-refractivity contribution < 1.29 is 0 Å². The second-order valence-electron chi connectivity index (χ2n) is 5.18. The van der Waals surface area contributed by atoms with Crippen molar-refractivity contribution in [3.05, 3.63) is 35.9 Å². The van der Waals surface area contributed by atoms with Gasteiger partial charge in [-0.25, -0.2) is 0 Å². The van der Waals surface area contributed by atoms with Crippen LogP contribution in [-0.2, 0) is 0 Å². The molecule has 0 saturated carbocycles. The highest BCUT2D eigenvalue weighted by Gasteiger charge is 2.07. The van der Waals surface area contributed by atoms with Gasteiger partial charge in [-0.15, -0.1) is 0 Å². The van der Waals surface area contributed by atoms with Crippen LogP contribution in [0.2, 0.25) is 0 Å². The molecule has 0 amide bonds. The Labute approximate surface area is 112 Å². The van der Waals surface area contributed by atoms with Crippen molar-refractivity contribution in [2.24, 2.45) is 0 Å². The predicted octanol–water partition coefficient (Wildman–Crippen LogP) is 3.16. The van der Waals surface area contributed by atoms with E-state index in [0.717, 1.165) is 19.6 Å². The molecule has 2 heteroatoms. The van der Waals surface area contributed by atoms with E-state index in [1.807, 2.05) is 0 Å². The Kier molecular flexibility index (Phi) is 7.70. The van der Waals surface area contributed by atoms with Crippen molar-refractivity contribution in [2.45, 2.75) is 45.6 Å². The summed E-state index contributed by atoms with van der Waals surface area (Å²) in [5.41, 5.74) is 1.45. The Balaban J connectivity index is 2.17. The van der Waals surface area contributed by atoms with Gasteiger partial charge in [-0.3, -0.25) is 0 Å². The first-order valence-electron chi connectivity index (χ1n) is 7.23. The summed E-state index contributed by atoms with van der Waals surface area (Å²) in [6.07, 6.45) is 2.39. The molecule has 0 bridgehead atoms. The molecule has 0 heterocycles. The second-order valence-corrected chi connectivity index (χ2v) is 5.18. The Bertz CT molecular complexity index is 295. The SMILES string of the molecule is CCC(CNCCCNC(C)C)c1ccccc1. The van der Waals surface area contributed by atoms with E-state index in [1.54, 1.807) is 0 Å². The summed E-state index contributed by atoms with van der Waals surface area (Å²) in [4.78, 5) is 0. The first-order chi connectivity index (χ1) is 8.74. The highest BCUT2D eigenvalue weighted by molar-refractivity contribution is 5.19. The van der Waals surface area contributed by atoms with E-state index in [2.05, 4.69) is 61.7 Å². The quantitative estimate of drug-likeness (QED) is 0.656. The van der Waals surface area contributed by atoms with Crippen LogP contribution in [0.4, 0.5) is 0 Å². The highest BCUT2D eigenvalue weighted by Crippen LogP contribution is 2.17. The van der Waals surface area contributed by atoms with Gasteiger partial charge in [0, 0.05) is 12.6 Å². The molecular weight excluding hydrogens is 220 g/mol. The smallest absolute Gasteiger partial charge is 0.00200 e. The Morgan fingerprint density at radius 1 is 1.06 bits per heavy atom. The fourth-order valence-electron chi connectivity index (χ4n) is 2.10. The van der Waals surface area contributed by atoms with E-state index < -0.39 is 0 Å². The highest BCUT2D eigenvalue weighted by atomic mass is 14.9. The predicted molar refractivity (Wildman–Crippen MR) is 80.1 cm³/mol. The van der Waals surface area contributed by atoms with Crippen molar-refractivity contribution in [1.82, 2.24) is 10.6 Å². The molecule has 0 saturated heterocycles. The minimum absolute atomic E-state index is 0.595. The average molecular weight is 248 g/mol. The van der Waals surface area contributed by atoms with E-state index in [9.17, 15) is 0 Å². The number of nitrogens with one attached hydrogen (secondary N) is 2. The lowest BCUT2D eigenvalue weighted by atomic mass is 9.96. The largest absolute Gasteiger partial charge is 0.316 e. The molecule has 18 heavy (non-hydrogen) atoms. The normalized spacial score (nSPS) is 12.9. The molecule has 1 aromatic carbocycles.